The third kappa shape index (κ3) is 9.90. The van der Waals surface area contributed by atoms with Crippen LogP contribution in [0.25, 0.3) is 0 Å². The van der Waals surface area contributed by atoms with Crippen LogP contribution in [0.1, 0.15) is 18.4 Å². The molecule has 0 saturated heterocycles. The number of guanidine groups is 1. The van der Waals surface area contributed by atoms with E-state index < -0.39 is 30.0 Å². The highest BCUT2D eigenvalue weighted by Crippen LogP contribution is 2.14. The van der Waals surface area contributed by atoms with Crippen LogP contribution in [0.3, 0.4) is 0 Å². The van der Waals surface area contributed by atoms with Gasteiger partial charge in [0.05, 0.1) is 12.8 Å². The topological polar surface area (TPSA) is 191 Å². The number of azo groups is 1. The SMILES string of the molecule is COc1ccc(C[C@H](NC(=O)N=Nc2ccccc2)C(=O)N[C@@H](CCCNC(=N)N)C(=O)O)cc1. The Morgan fingerprint density at radius 3 is 2.34 bits per heavy atom. The molecular formula is C23H29N7O5. The molecule has 35 heavy (non-hydrogen) atoms. The van der Waals surface area contributed by atoms with Crippen molar-refractivity contribution in [1.82, 2.24) is 16.0 Å². The number of carboxylic acid groups (broad SMARTS) is 1. The Balaban J connectivity index is 2.11. The van der Waals surface area contributed by atoms with E-state index in [1.54, 1.807) is 54.6 Å². The predicted octanol–water partition coefficient (Wildman–Crippen LogP) is 1.93. The lowest BCUT2D eigenvalue weighted by molar-refractivity contribution is -0.142. The predicted molar refractivity (Wildman–Crippen MR) is 129 cm³/mol. The highest BCUT2D eigenvalue weighted by molar-refractivity contribution is 5.90. The van der Waals surface area contributed by atoms with Gasteiger partial charge in [-0.2, -0.15) is 0 Å². The van der Waals surface area contributed by atoms with Crippen molar-refractivity contribution in [1.29, 1.82) is 5.41 Å². The normalized spacial score (nSPS) is 12.4. The number of aliphatic carboxylic acids is 1. The number of carbonyl (C=O) groups is 3. The first-order valence-electron chi connectivity index (χ1n) is 10.8. The number of methoxy groups -OCH3 is 1. The molecule has 0 saturated carbocycles. The molecule has 0 fully saturated rings. The molecule has 12 nitrogen and oxygen atoms in total. The number of nitrogens with one attached hydrogen (secondary N) is 4. The first-order valence-corrected chi connectivity index (χ1v) is 10.8. The maximum absolute atomic E-state index is 13.0. The second kappa shape index (κ2) is 13.9. The Morgan fingerprint density at radius 1 is 1.06 bits per heavy atom. The van der Waals surface area contributed by atoms with E-state index in [9.17, 15) is 19.5 Å². The van der Waals surface area contributed by atoms with Crippen molar-refractivity contribution in [3.63, 3.8) is 0 Å². The van der Waals surface area contributed by atoms with Gasteiger partial charge < -0.3 is 31.5 Å². The number of ether oxygens (including phenoxy) is 1. The highest BCUT2D eigenvalue weighted by Gasteiger charge is 2.26. The Labute approximate surface area is 202 Å². The standard InChI is InChI=1S/C23H29N7O5/c1-35-17-11-9-15(10-12-17)14-19(28-23(34)30-29-16-6-3-2-4-7-16)20(31)27-18(21(32)33)8-5-13-26-22(24)25/h2-4,6-7,9-12,18-19H,5,8,13-14H2,1H3,(H,27,31)(H,28,34)(H,32,33)(H4,24,25,26)/t18-,19-/m0/s1. The fraction of sp³-hybridized carbons (Fsp3) is 0.304. The van der Waals surface area contributed by atoms with Gasteiger partial charge in [-0.25, -0.2) is 9.59 Å². The van der Waals surface area contributed by atoms with E-state index in [1.807, 2.05) is 0 Å². The molecule has 3 amide bonds. The minimum atomic E-state index is -1.22. The van der Waals surface area contributed by atoms with Crippen molar-refractivity contribution in [2.24, 2.45) is 16.0 Å². The van der Waals surface area contributed by atoms with E-state index in [-0.39, 0.29) is 25.3 Å². The van der Waals surface area contributed by atoms with Gasteiger partial charge in [0.25, 0.3) is 0 Å². The van der Waals surface area contributed by atoms with E-state index in [4.69, 9.17) is 15.9 Å². The molecule has 2 aromatic carbocycles. The molecule has 0 radical (unpaired) electrons. The Morgan fingerprint density at radius 2 is 1.74 bits per heavy atom. The number of carboxylic acids is 1. The van der Waals surface area contributed by atoms with Crippen LogP contribution in [0.4, 0.5) is 10.5 Å². The first kappa shape index (κ1) is 26.8. The van der Waals surface area contributed by atoms with E-state index in [0.29, 0.717) is 23.4 Å². The summed E-state index contributed by atoms with van der Waals surface area (Å²) < 4.78 is 5.13. The van der Waals surface area contributed by atoms with Gasteiger partial charge in [-0.15, -0.1) is 5.11 Å². The summed E-state index contributed by atoms with van der Waals surface area (Å²) in [6.45, 7) is 0.279. The zero-order valence-electron chi connectivity index (χ0n) is 19.2. The second-order valence-electron chi connectivity index (χ2n) is 7.47. The summed E-state index contributed by atoms with van der Waals surface area (Å²) in [5, 5.41) is 31.6. The van der Waals surface area contributed by atoms with Crippen molar-refractivity contribution in [2.75, 3.05) is 13.7 Å². The molecule has 12 heteroatoms. The van der Waals surface area contributed by atoms with Gasteiger partial charge in [0.15, 0.2) is 5.96 Å². The maximum Gasteiger partial charge on any atom is 0.360 e. The summed E-state index contributed by atoms with van der Waals surface area (Å²) in [7, 11) is 1.53. The van der Waals surface area contributed by atoms with Crippen LogP contribution in [0.15, 0.2) is 64.8 Å². The number of amides is 3. The number of nitrogens with zero attached hydrogens (tertiary/aromatic N) is 2. The van der Waals surface area contributed by atoms with Crippen LogP contribution in [-0.2, 0) is 16.0 Å². The maximum atomic E-state index is 13.0. The van der Waals surface area contributed by atoms with Crippen LogP contribution >= 0.6 is 0 Å². The van der Waals surface area contributed by atoms with Crippen LogP contribution in [0.5, 0.6) is 5.75 Å². The number of rotatable bonds is 12. The van der Waals surface area contributed by atoms with Crippen LogP contribution in [-0.4, -0.2) is 54.7 Å². The molecule has 2 atom stereocenters. The molecular weight excluding hydrogens is 454 g/mol. The van der Waals surface area contributed by atoms with Crippen LogP contribution < -0.4 is 26.4 Å². The molecule has 0 aliphatic carbocycles. The van der Waals surface area contributed by atoms with Gasteiger partial charge in [-0.1, -0.05) is 35.4 Å². The zero-order chi connectivity index (χ0) is 25.6. The number of nitrogens with two attached hydrogens (primary N) is 1. The average molecular weight is 484 g/mol. The molecule has 0 aliphatic heterocycles. The summed E-state index contributed by atoms with van der Waals surface area (Å²) in [5.74, 6) is -1.51. The van der Waals surface area contributed by atoms with Gasteiger partial charge in [0.1, 0.15) is 17.8 Å². The second-order valence-corrected chi connectivity index (χ2v) is 7.47. The summed E-state index contributed by atoms with van der Waals surface area (Å²) in [6.07, 6.45) is 0.524. The van der Waals surface area contributed by atoms with Crippen molar-refractivity contribution in [3.8, 4) is 5.75 Å². The van der Waals surface area contributed by atoms with Gasteiger partial charge in [-0.3, -0.25) is 10.2 Å². The number of carbonyl (C=O) groups excluding carboxylic acids is 2. The molecule has 186 valence electrons. The molecule has 0 bridgehead atoms. The van der Waals surface area contributed by atoms with Crippen LogP contribution in [0, 0.1) is 5.41 Å². The van der Waals surface area contributed by atoms with Crippen molar-refractivity contribution < 1.29 is 24.2 Å². The Hall–Kier alpha value is -4.48. The van der Waals surface area contributed by atoms with Gasteiger partial charge in [0.2, 0.25) is 5.91 Å². The monoisotopic (exact) mass is 483 g/mol. The summed E-state index contributed by atoms with van der Waals surface area (Å²) >= 11 is 0. The Bertz CT molecular complexity index is 1030. The van der Waals surface area contributed by atoms with E-state index in [1.165, 1.54) is 7.11 Å². The zero-order valence-corrected chi connectivity index (χ0v) is 19.2. The minimum Gasteiger partial charge on any atom is -0.497 e. The largest absolute Gasteiger partial charge is 0.497 e. The van der Waals surface area contributed by atoms with E-state index in [2.05, 4.69) is 26.2 Å². The Kier molecular flexibility index (Phi) is 10.7. The molecule has 0 aliphatic rings. The quantitative estimate of drug-likeness (QED) is 0.115. The number of hydrogen-bond acceptors (Lipinski definition) is 6. The van der Waals surface area contributed by atoms with Crippen molar-refractivity contribution in [2.45, 2.75) is 31.3 Å². The number of benzene rings is 2. The summed E-state index contributed by atoms with van der Waals surface area (Å²) in [4.78, 5) is 37.0. The lowest BCUT2D eigenvalue weighted by Crippen LogP contribution is -2.52. The summed E-state index contributed by atoms with van der Waals surface area (Å²) in [6, 6.07) is 12.3. The molecule has 0 unspecified atom stereocenters. The van der Waals surface area contributed by atoms with Crippen LogP contribution in [0.2, 0.25) is 0 Å². The van der Waals surface area contributed by atoms with E-state index in [0.717, 1.165) is 0 Å². The minimum absolute atomic E-state index is 0.0840. The van der Waals surface area contributed by atoms with Gasteiger partial charge >= 0.3 is 12.0 Å². The molecule has 0 heterocycles. The van der Waals surface area contributed by atoms with Crippen molar-refractivity contribution in [3.05, 3.63) is 60.2 Å². The van der Waals surface area contributed by atoms with Gasteiger partial charge in [0, 0.05) is 13.0 Å². The molecule has 2 aromatic rings. The third-order valence-electron chi connectivity index (χ3n) is 4.83. The molecule has 7 N–H and O–H groups in total. The average Bonchev–Trinajstić information content (AvgIpc) is 2.84. The fourth-order valence-corrected chi connectivity index (χ4v) is 3.04. The van der Waals surface area contributed by atoms with E-state index >= 15 is 0 Å². The summed E-state index contributed by atoms with van der Waals surface area (Å²) in [5.41, 5.74) is 6.38. The smallest absolute Gasteiger partial charge is 0.360 e. The first-order chi connectivity index (χ1) is 16.8. The molecule has 0 aromatic heterocycles. The highest BCUT2D eigenvalue weighted by atomic mass is 16.5. The number of hydrogen-bond donors (Lipinski definition) is 6. The number of urea groups is 1. The third-order valence-corrected chi connectivity index (χ3v) is 4.83. The molecule has 0 spiro atoms. The lowest BCUT2D eigenvalue weighted by Gasteiger charge is -2.21. The van der Waals surface area contributed by atoms with Crippen molar-refractivity contribution >= 4 is 29.6 Å². The lowest BCUT2D eigenvalue weighted by atomic mass is 10.0. The molecule has 2 rings (SSSR count). The van der Waals surface area contributed by atoms with Gasteiger partial charge in [-0.05, 0) is 42.7 Å². The fourth-order valence-electron chi connectivity index (χ4n) is 3.04.